The third kappa shape index (κ3) is 9.38. The Hall–Kier alpha value is -10.6. The molecule has 9 aromatic carbocycles. The fourth-order valence-electron chi connectivity index (χ4n) is 9.73. The molecule has 2 aromatic heterocycles. The quantitative estimate of drug-likeness (QED) is 0.140. The van der Waals surface area contributed by atoms with Gasteiger partial charge >= 0.3 is 12.4 Å². The summed E-state index contributed by atoms with van der Waals surface area (Å²) in [5.74, 6) is 0.141. The molecule has 0 spiro atoms. The first-order valence-electron chi connectivity index (χ1n) is 23.7. The number of alkyl halides is 6. The Labute approximate surface area is 436 Å². The van der Waals surface area contributed by atoms with Gasteiger partial charge in [0.15, 0.2) is 5.82 Å². The minimum absolute atomic E-state index is 0.0744. The number of nitrogens with zero attached hydrogens (tertiary/aromatic N) is 7. The lowest BCUT2D eigenvalue weighted by Crippen LogP contribution is -2.07. The highest BCUT2D eigenvalue weighted by Gasteiger charge is 2.33. The van der Waals surface area contributed by atoms with Gasteiger partial charge in [0.25, 0.3) is 0 Å². The molecule has 0 aliphatic rings. The third-order valence-electron chi connectivity index (χ3n) is 13.3. The molecule has 7 nitrogen and oxygen atoms in total. The molecule has 0 N–H and O–H groups in total. The molecule has 366 valence electrons. The van der Waals surface area contributed by atoms with Gasteiger partial charge in [0.1, 0.15) is 0 Å². The molecular weight excluding hydrogens is 981 g/mol. The zero-order valence-electron chi connectivity index (χ0n) is 40.0. The summed E-state index contributed by atoms with van der Waals surface area (Å²) in [7, 11) is 0. The summed E-state index contributed by atoms with van der Waals surface area (Å²) in [4.78, 5) is 10.1. The van der Waals surface area contributed by atoms with E-state index in [0.717, 1.165) is 35.4 Å². The Bertz CT molecular complexity index is 4030. The maximum absolute atomic E-state index is 14.9. The van der Waals surface area contributed by atoms with Crippen molar-refractivity contribution in [1.82, 2.24) is 14.5 Å². The van der Waals surface area contributed by atoms with Crippen LogP contribution in [0.4, 0.5) is 26.3 Å². The van der Waals surface area contributed by atoms with E-state index in [0.29, 0.717) is 55.4 Å². The molecular formula is C64H33F6N7. The summed E-state index contributed by atoms with van der Waals surface area (Å²) < 4.78 is 91.0. The van der Waals surface area contributed by atoms with E-state index >= 15 is 0 Å². The van der Waals surface area contributed by atoms with Crippen LogP contribution in [0.3, 0.4) is 0 Å². The van der Waals surface area contributed by atoms with Gasteiger partial charge in [-0.05, 0) is 137 Å². The Morgan fingerprint density at radius 2 is 0.727 bits per heavy atom. The van der Waals surface area contributed by atoms with E-state index in [1.54, 1.807) is 60.7 Å². The van der Waals surface area contributed by atoms with Crippen molar-refractivity contribution in [3.05, 3.63) is 234 Å². The largest absolute Gasteiger partial charge is 0.416 e. The highest BCUT2D eigenvalue weighted by molar-refractivity contribution is 6.13. The van der Waals surface area contributed by atoms with Crippen LogP contribution in [0.25, 0.3) is 106 Å². The van der Waals surface area contributed by atoms with Gasteiger partial charge in [0.2, 0.25) is 0 Å². The average Bonchev–Trinajstić information content (AvgIpc) is 4.07. The maximum Gasteiger partial charge on any atom is 0.416 e. The summed E-state index contributed by atoms with van der Waals surface area (Å²) in [6.07, 6.45) is -9.59. The Morgan fingerprint density at radius 1 is 0.338 bits per heavy atom. The second-order valence-electron chi connectivity index (χ2n) is 18.1. The van der Waals surface area contributed by atoms with Crippen LogP contribution in [0.2, 0.25) is 0 Å². The maximum atomic E-state index is 14.9. The van der Waals surface area contributed by atoms with Gasteiger partial charge in [-0.25, -0.2) is 9.97 Å². The second kappa shape index (κ2) is 19.3. The number of nitriles is 4. The standard InChI is InChI=1S/C64H33F6N7/c65-63(66,67)51-15-7-13-46(27-51)53-31-50(62-75-57(42-9-3-1-4-10-42)33-58(76-62)43-11-5-2-6-12-43)32-54(47-14-8-16-52(28-47)64(68,69)70)61(53)77-59-19-17-44(48-23-38(34-71)21-39(24-48)35-72)29-55(59)56-30-45(18-20-60(56)77)49-25-40(36-73)22-41(26-49)37-74/h1-33H. The molecule has 11 rings (SSSR count). The van der Waals surface area contributed by atoms with Gasteiger partial charge in [-0.1, -0.05) is 97.1 Å². The van der Waals surface area contributed by atoms with Crippen LogP contribution in [0.15, 0.2) is 200 Å². The van der Waals surface area contributed by atoms with E-state index < -0.39 is 23.5 Å². The Kier molecular flexibility index (Phi) is 12.2. The van der Waals surface area contributed by atoms with Gasteiger partial charge < -0.3 is 4.57 Å². The summed E-state index contributed by atoms with van der Waals surface area (Å²) in [5, 5.41) is 40.9. The number of fused-ring (bicyclic) bond motifs is 3. The zero-order valence-corrected chi connectivity index (χ0v) is 40.0. The van der Waals surface area contributed by atoms with Crippen LogP contribution in [-0.2, 0) is 12.4 Å². The molecule has 0 radical (unpaired) electrons. The first kappa shape index (κ1) is 48.7. The zero-order chi connectivity index (χ0) is 53.6. The Balaban J connectivity index is 1.30. The van der Waals surface area contributed by atoms with E-state index in [4.69, 9.17) is 9.97 Å². The number of hydrogen-bond donors (Lipinski definition) is 0. The Morgan fingerprint density at radius 3 is 1.10 bits per heavy atom. The van der Waals surface area contributed by atoms with Gasteiger partial charge in [-0.2, -0.15) is 47.4 Å². The van der Waals surface area contributed by atoms with Crippen LogP contribution in [0.1, 0.15) is 33.4 Å². The SMILES string of the molecule is N#Cc1cc(C#N)cc(-c2ccc3c(c2)c2cc(-c4cc(C#N)cc(C#N)c4)ccc2n3-c2c(-c3cccc(C(F)(F)F)c3)cc(-c3nc(-c4ccccc4)cc(-c4ccccc4)n3)cc2-c2cccc(C(F)(F)F)c2)c1. The monoisotopic (exact) mass is 1010 g/mol. The van der Waals surface area contributed by atoms with E-state index in [1.807, 2.05) is 83.4 Å². The third-order valence-corrected chi connectivity index (χ3v) is 13.3. The molecule has 0 aliphatic heterocycles. The number of rotatable bonds is 8. The van der Waals surface area contributed by atoms with Gasteiger partial charge in [-0.3, -0.25) is 0 Å². The first-order valence-corrected chi connectivity index (χ1v) is 23.7. The topological polar surface area (TPSA) is 126 Å². The lowest BCUT2D eigenvalue weighted by atomic mass is 9.91. The lowest BCUT2D eigenvalue weighted by molar-refractivity contribution is -0.138. The van der Waals surface area contributed by atoms with Crippen LogP contribution in [-0.4, -0.2) is 14.5 Å². The van der Waals surface area contributed by atoms with Gasteiger partial charge in [-0.15, -0.1) is 0 Å². The van der Waals surface area contributed by atoms with E-state index in [-0.39, 0.29) is 61.6 Å². The molecule has 0 saturated heterocycles. The molecule has 11 aromatic rings. The van der Waals surface area contributed by atoms with Gasteiger partial charge in [0, 0.05) is 38.6 Å². The molecule has 0 atom stereocenters. The highest BCUT2D eigenvalue weighted by atomic mass is 19.4. The smallest absolute Gasteiger partial charge is 0.308 e. The summed E-state index contributed by atoms with van der Waals surface area (Å²) >= 11 is 0. The number of aromatic nitrogens is 3. The molecule has 0 fully saturated rings. The molecule has 13 heteroatoms. The summed E-state index contributed by atoms with van der Waals surface area (Å²) in [5.41, 5.74) is 5.71. The number of benzene rings is 9. The van der Waals surface area contributed by atoms with E-state index in [9.17, 15) is 47.4 Å². The molecule has 0 bridgehead atoms. The minimum Gasteiger partial charge on any atom is -0.308 e. The fourth-order valence-corrected chi connectivity index (χ4v) is 9.73. The summed E-state index contributed by atoms with van der Waals surface area (Å²) in [6, 6.07) is 61.9. The highest BCUT2D eigenvalue weighted by Crippen LogP contribution is 2.47. The molecule has 77 heavy (non-hydrogen) atoms. The van der Waals surface area contributed by atoms with Crippen molar-refractivity contribution in [2.75, 3.05) is 0 Å². The van der Waals surface area contributed by atoms with Crippen molar-refractivity contribution in [3.8, 4) is 108 Å². The molecule has 0 amide bonds. The van der Waals surface area contributed by atoms with Crippen LogP contribution in [0.5, 0.6) is 0 Å². The van der Waals surface area contributed by atoms with Crippen molar-refractivity contribution >= 4 is 21.8 Å². The first-order chi connectivity index (χ1) is 37.2. The van der Waals surface area contributed by atoms with E-state index in [1.165, 1.54) is 36.4 Å². The van der Waals surface area contributed by atoms with E-state index in [2.05, 4.69) is 24.3 Å². The van der Waals surface area contributed by atoms with Crippen LogP contribution >= 0.6 is 0 Å². The predicted octanol–water partition coefficient (Wildman–Crippen LogP) is 16.8. The normalized spacial score (nSPS) is 11.5. The van der Waals surface area contributed by atoms with Crippen LogP contribution < -0.4 is 0 Å². The van der Waals surface area contributed by atoms with Gasteiger partial charge in [0.05, 0.1) is 85.8 Å². The molecule has 0 aliphatic carbocycles. The molecule has 0 unspecified atom stereocenters. The predicted molar refractivity (Wildman–Crippen MR) is 283 cm³/mol. The van der Waals surface area contributed by atoms with Crippen molar-refractivity contribution in [2.24, 2.45) is 0 Å². The fraction of sp³-hybridized carbons (Fsp3) is 0.0312. The second-order valence-corrected chi connectivity index (χ2v) is 18.1. The van der Waals surface area contributed by atoms with Crippen molar-refractivity contribution in [2.45, 2.75) is 12.4 Å². The van der Waals surface area contributed by atoms with Crippen molar-refractivity contribution in [3.63, 3.8) is 0 Å². The average molecular weight is 1010 g/mol. The lowest BCUT2D eigenvalue weighted by Gasteiger charge is -2.22. The molecule has 0 saturated carbocycles. The van der Waals surface area contributed by atoms with Crippen molar-refractivity contribution in [1.29, 1.82) is 21.0 Å². The summed E-state index contributed by atoms with van der Waals surface area (Å²) in [6.45, 7) is 0. The number of hydrogen-bond acceptors (Lipinski definition) is 6. The molecule has 2 heterocycles. The number of halogens is 6. The van der Waals surface area contributed by atoms with Crippen molar-refractivity contribution < 1.29 is 26.3 Å². The van der Waals surface area contributed by atoms with Crippen LogP contribution in [0, 0.1) is 45.3 Å². The minimum atomic E-state index is -4.79.